The molecule has 1 fully saturated rings. The second-order valence-corrected chi connectivity index (χ2v) is 7.15. The molecule has 0 saturated carbocycles. The van der Waals surface area contributed by atoms with E-state index < -0.39 is 43.2 Å². The lowest BCUT2D eigenvalue weighted by Crippen LogP contribution is -2.65. The van der Waals surface area contributed by atoms with Crippen LogP contribution in [0.4, 0.5) is 0 Å². The average Bonchev–Trinajstić information content (AvgIpc) is 2.78. The highest BCUT2D eigenvalue weighted by molar-refractivity contribution is 6.06. The minimum absolute atomic E-state index is 0.181. The highest BCUT2D eigenvalue weighted by atomic mass is 16.7. The van der Waals surface area contributed by atoms with Gasteiger partial charge < -0.3 is 30.1 Å². The van der Waals surface area contributed by atoms with E-state index in [0.29, 0.717) is 16.9 Å². The Hall–Kier alpha value is -3.04. The number of para-hydroxylation sites is 1. The molecule has 0 aromatic heterocycles. The van der Waals surface area contributed by atoms with Crippen LogP contribution in [0.5, 0.6) is 5.75 Å². The van der Waals surface area contributed by atoms with Gasteiger partial charge in [0.25, 0.3) is 0 Å². The molecule has 164 valence electrons. The van der Waals surface area contributed by atoms with Crippen LogP contribution < -0.4 is 10.1 Å². The van der Waals surface area contributed by atoms with Crippen molar-refractivity contribution in [2.24, 2.45) is 0 Å². The van der Waals surface area contributed by atoms with Gasteiger partial charge in [-0.05, 0) is 18.2 Å². The SMILES string of the molecule is CC(=O)N[C@@H]1[C@H](Oc2ccccc2/C=C/C(=O)c2ccccc2)O[C@H](CO)[C@@H](O)[C@H]1O. The lowest BCUT2D eigenvalue weighted by molar-refractivity contribution is -0.244. The Morgan fingerprint density at radius 3 is 2.42 bits per heavy atom. The fraction of sp³-hybridized carbons (Fsp3) is 0.304. The minimum atomic E-state index is -1.41. The van der Waals surface area contributed by atoms with E-state index >= 15 is 0 Å². The molecule has 1 aliphatic heterocycles. The molecule has 0 unspecified atom stereocenters. The molecule has 8 nitrogen and oxygen atoms in total. The number of hydrogen-bond acceptors (Lipinski definition) is 7. The lowest BCUT2D eigenvalue weighted by Gasteiger charge is -2.42. The van der Waals surface area contributed by atoms with Crippen molar-refractivity contribution in [1.29, 1.82) is 0 Å². The van der Waals surface area contributed by atoms with Crippen LogP contribution in [0.1, 0.15) is 22.8 Å². The summed E-state index contributed by atoms with van der Waals surface area (Å²) in [5, 5.41) is 32.5. The maximum atomic E-state index is 12.4. The number of hydrogen-bond donors (Lipinski definition) is 4. The van der Waals surface area contributed by atoms with Crippen molar-refractivity contribution in [3.8, 4) is 5.75 Å². The van der Waals surface area contributed by atoms with Gasteiger partial charge in [0.2, 0.25) is 12.2 Å². The standard InChI is InChI=1S/C23H25NO7/c1-14(26)24-20-22(29)21(28)19(13-25)31-23(20)30-18-10-6-5-9-16(18)11-12-17(27)15-7-3-2-4-8-15/h2-12,19-23,25,28-29H,13H2,1H3,(H,24,26)/b12-11+/t19-,20+,21-,22+,23-/m1/s1. The Morgan fingerprint density at radius 1 is 1.06 bits per heavy atom. The largest absolute Gasteiger partial charge is 0.462 e. The molecule has 2 aromatic carbocycles. The lowest BCUT2D eigenvalue weighted by atomic mass is 9.97. The predicted octanol–water partition coefficient (Wildman–Crippen LogP) is 0.905. The van der Waals surface area contributed by atoms with E-state index in [4.69, 9.17) is 9.47 Å². The Kier molecular flexibility index (Phi) is 7.54. The highest BCUT2D eigenvalue weighted by Crippen LogP contribution is 2.27. The number of ether oxygens (including phenoxy) is 2. The number of allylic oxidation sites excluding steroid dienone is 1. The second kappa shape index (κ2) is 10.3. The van der Waals surface area contributed by atoms with Crippen LogP contribution in [-0.2, 0) is 9.53 Å². The van der Waals surface area contributed by atoms with E-state index in [1.807, 2.05) is 6.07 Å². The van der Waals surface area contributed by atoms with Crippen molar-refractivity contribution in [3.63, 3.8) is 0 Å². The zero-order chi connectivity index (χ0) is 22.4. The van der Waals surface area contributed by atoms with Crippen molar-refractivity contribution in [2.75, 3.05) is 6.61 Å². The normalized spacial score (nSPS) is 25.9. The van der Waals surface area contributed by atoms with Crippen LogP contribution >= 0.6 is 0 Å². The van der Waals surface area contributed by atoms with E-state index in [-0.39, 0.29) is 5.78 Å². The van der Waals surface area contributed by atoms with Crippen molar-refractivity contribution in [2.45, 2.75) is 37.6 Å². The molecular formula is C23H25NO7. The Balaban J connectivity index is 1.83. The third-order valence-corrected chi connectivity index (χ3v) is 4.89. The molecular weight excluding hydrogens is 402 g/mol. The van der Waals surface area contributed by atoms with Crippen LogP contribution in [-0.4, -0.2) is 64.3 Å². The summed E-state index contributed by atoms with van der Waals surface area (Å²) in [4.78, 5) is 23.9. The zero-order valence-electron chi connectivity index (χ0n) is 16.9. The fourth-order valence-corrected chi connectivity index (χ4v) is 3.29. The van der Waals surface area contributed by atoms with Gasteiger partial charge in [-0.25, -0.2) is 0 Å². The maximum absolute atomic E-state index is 12.4. The molecule has 0 spiro atoms. The van der Waals surface area contributed by atoms with Gasteiger partial charge in [0.15, 0.2) is 5.78 Å². The fourth-order valence-electron chi connectivity index (χ4n) is 3.29. The topological polar surface area (TPSA) is 125 Å². The molecule has 4 N–H and O–H groups in total. The summed E-state index contributed by atoms with van der Waals surface area (Å²) in [6.45, 7) is 0.720. The minimum Gasteiger partial charge on any atom is -0.462 e. The van der Waals surface area contributed by atoms with Crippen LogP contribution in [0.2, 0.25) is 0 Å². The first-order valence-electron chi connectivity index (χ1n) is 9.83. The maximum Gasteiger partial charge on any atom is 0.223 e. The van der Waals surface area contributed by atoms with Crippen molar-refractivity contribution >= 4 is 17.8 Å². The second-order valence-electron chi connectivity index (χ2n) is 7.15. The quantitative estimate of drug-likeness (QED) is 0.382. The van der Waals surface area contributed by atoms with E-state index in [1.165, 1.54) is 13.0 Å². The predicted molar refractivity (Wildman–Crippen MR) is 112 cm³/mol. The molecule has 0 aliphatic carbocycles. The van der Waals surface area contributed by atoms with Crippen molar-refractivity contribution < 1.29 is 34.4 Å². The number of nitrogens with one attached hydrogen (secondary N) is 1. The van der Waals surface area contributed by atoms with E-state index in [9.17, 15) is 24.9 Å². The summed E-state index contributed by atoms with van der Waals surface area (Å²) in [5.41, 5.74) is 1.11. The van der Waals surface area contributed by atoms with Crippen LogP contribution in [0.25, 0.3) is 6.08 Å². The molecule has 1 saturated heterocycles. The third kappa shape index (κ3) is 5.56. The molecule has 8 heteroatoms. The number of rotatable bonds is 7. The molecule has 1 amide bonds. The number of ketones is 1. The van der Waals surface area contributed by atoms with Crippen LogP contribution in [0, 0.1) is 0 Å². The van der Waals surface area contributed by atoms with Gasteiger partial charge in [0.05, 0.1) is 6.61 Å². The van der Waals surface area contributed by atoms with Crippen molar-refractivity contribution in [3.05, 3.63) is 71.8 Å². The van der Waals surface area contributed by atoms with Gasteiger partial charge in [-0.3, -0.25) is 9.59 Å². The molecule has 1 aliphatic rings. The summed E-state index contributed by atoms with van der Waals surface area (Å²) in [6.07, 6.45) is -2.08. The zero-order valence-corrected chi connectivity index (χ0v) is 16.9. The number of carbonyl (C=O) groups excluding carboxylic acids is 2. The van der Waals surface area contributed by atoms with E-state index in [1.54, 1.807) is 54.6 Å². The van der Waals surface area contributed by atoms with Gasteiger partial charge in [-0.2, -0.15) is 0 Å². The molecule has 5 atom stereocenters. The molecule has 0 bridgehead atoms. The Morgan fingerprint density at radius 2 is 1.74 bits per heavy atom. The molecule has 0 radical (unpaired) electrons. The monoisotopic (exact) mass is 427 g/mol. The first kappa shape index (κ1) is 22.6. The van der Waals surface area contributed by atoms with Gasteiger partial charge in [-0.15, -0.1) is 0 Å². The summed E-state index contributed by atoms with van der Waals surface area (Å²) in [5.74, 6) is -0.294. The molecule has 2 aromatic rings. The van der Waals surface area contributed by atoms with E-state index in [0.717, 1.165) is 0 Å². The summed E-state index contributed by atoms with van der Waals surface area (Å²) >= 11 is 0. The molecule has 3 rings (SSSR count). The summed E-state index contributed by atoms with van der Waals surface area (Å²) < 4.78 is 11.5. The Labute approximate surface area is 179 Å². The summed E-state index contributed by atoms with van der Waals surface area (Å²) in [7, 11) is 0. The van der Waals surface area contributed by atoms with Gasteiger partial charge >= 0.3 is 0 Å². The highest BCUT2D eigenvalue weighted by Gasteiger charge is 2.46. The number of aliphatic hydroxyl groups is 3. The number of benzene rings is 2. The van der Waals surface area contributed by atoms with Gasteiger partial charge in [0, 0.05) is 18.1 Å². The van der Waals surface area contributed by atoms with E-state index in [2.05, 4.69) is 5.32 Å². The number of amides is 1. The van der Waals surface area contributed by atoms with Gasteiger partial charge in [0.1, 0.15) is 30.1 Å². The number of aliphatic hydroxyl groups excluding tert-OH is 3. The van der Waals surface area contributed by atoms with Crippen LogP contribution in [0.15, 0.2) is 60.7 Å². The third-order valence-electron chi connectivity index (χ3n) is 4.89. The first-order valence-corrected chi connectivity index (χ1v) is 9.83. The van der Waals surface area contributed by atoms with Crippen molar-refractivity contribution in [1.82, 2.24) is 5.32 Å². The average molecular weight is 427 g/mol. The smallest absolute Gasteiger partial charge is 0.223 e. The molecule has 1 heterocycles. The number of carbonyl (C=O) groups is 2. The summed E-state index contributed by atoms with van der Waals surface area (Å²) in [6, 6.07) is 14.6. The first-order chi connectivity index (χ1) is 14.9. The Bertz CT molecular complexity index is 931. The van der Waals surface area contributed by atoms with Gasteiger partial charge in [-0.1, -0.05) is 48.5 Å². The van der Waals surface area contributed by atoms with Crippen LogP contribution in [0.3, 0.4) is 0 Å². The molecule has 31 heavy (non-hydrogen) atoms.